The van der Waals surface area contributed by atoms with Gasteiger partial charge in [0.25, 0.3) is 0 Å². The Balaban J connectivity index is 1.55. The number of H-pyrrole nitrogens is 1. The molecule has 1 aromatic carbocycles. The van der Waals surface area contributed by atoms with E-state index in [2.05, 4.69) is 30.7 Å². The Bertz CT molecular complexity index is 1390. The number of hydrogen-bond donors (Lipinski definition) is 3. The van der Waals surface area contributed by atoms with Gasteiger partial charge in [-0.2, -0.15) is 5.10 Å². The molecule has 1 fully saturated rings. The number of aromatic nitrogens is 5. The van der Waals surface area contributed by atoms with E-state index in [-0.39, 0.29) is 17.6 Å². The summed E-state index contributed by atoms with van der Waals surface area (Å²) in [5.74, 6) is 0.589. The van der Waals surface area contributed by atoms with Gasteiger partial charge in [0.2, 0.25) is 5.91 Å². The number of ether oxygens (including phenoxy) is 1. The van der Waals surface area contributed by atoms with Gasteiger partial charge >= 0.3 is 0 Å². The van der Waals surface area contributed by atoms with Gasteiger partial charge in [-0.05, 0) is 44.4 Å². The van der Waals surface area contributed by atoms with Crippen LogP contribution in [0, 0.1) is 25.6 Å². The Morgan fingerprint density at radius 3 is 2.70 bits per heavy atom. The van der Waals surface area contributed by atoms with Gasteiger partial charge in [-0.1, -0.05) is 0 Å². The predicted octanol–water partition coefficient (Wildman–Crippen LogP) is 4.22. The van der Waals surface area contributed by atoms with Crippen LogP contribution in [0.25, 0.3) is 22.4 Å². The van der Waals surface area contributed by atoms with Crippen LogP contribution in [0.3, 0.4) is 0 Å². The molecule has 0 bridgehead atoms. The average Bonchev–Trinajstić information content (AvgIpc) is 3.47. The number of nitrogens with zero attached hydrogens (tertiary/aromatic N) is 4. The van der Waals surface area contributed by atoms with Crippen LogP contribution in [0.5, 0.6) is 5.75 Å². The summed E-state index contributed by atoms with van der Waals surface area (Å²) < 4.78 is 22.5. The highest BCUT2D eigenvalue weighted by Crippen LogP contribution is 2.38. The molecule has 1 amide bonds. The van der Waals surface area contributed by atoms with Gasteiger partial charge in [0.05, 0.1) is 24.2 Å². The molecule has 0 radical (unpaired) electrons. The highest BCUT2D eigenvalue weighted by molar-refractivity contribution is 5.97. The standard InChI is InChI=1S/C23H24FN7O2/c1-11-10-31(3)30-19(11)14-7-8-15(21(33-4)18(14)24)27-16-9-17(29-23(32)13-5-6-13)28-22-20(16)25-12(2)26-22/h7-10,13H,5-6H2,1-4H3,(H3,25,26,27,28,29,32). The SMILES string of the molecule is COc1c(Nc2cc(NC(=O)C3CC3)nc3[nH]c(C)nc23)ccc(-c2nn(C)cc2C)c1F. The number of imidazole rings is 1. The number of benzene rings is 1. The van der Waals surface area contributed by atoms with E-state index in [1.54, 1.807) is 29.9 Å². The first kappa shape index (κ1) is 20.9. The van der Waals surface area contributed by atoms with E-state index in [1.165, 1.54) is 7.11 Å². The fourth-order valence-corrected chi connectivity index (χ4v) is 3.89. The van der Waals surface area contributed by atoms with Crippen molar-refractivity contribution < 1.29 is 13.9 Å². The molecule has 0 aliphatic heterocycles. The van der Waals surface area contributed by atoms with E-state index in [4.69, 9.17) is 4.74 Å². The van der Waals surface area contributed by atoms with Crippen LogP contribution >= 0.6 is 0 Å². The number of anilines is 3. The van der Waals surface area contributed by atoms with Crippen LogP contribution in [0.2, 0.25) is 0 Å². The molecule has 0 unspecified atom stereocenters. The molecule has 4 aromatic rings. The van der Waals surface area contributed by atoms with E-state index in [0.717, 1.165) is 18.4 Å². The maximum Gasteiger partial charge on any atom is 0.228 e. The Labute approximate surface area is 189 Å². The molecule has 3 aromatic heterocycles. The van der Waals surface area contributed by atoms with Crippen LogP contribution in [0.15, 0.2) is 24.4 Å². The van der Waals surface area contributed by atoms with Gasteiger partial charge in [-0.3, -0.25) is 9.48 Å². The number of amides is 1. The lowest BCUT2D eigenvalue weighted by atomic mass is 10.1. The first-order chi connectivity index (χ1) is 15.8. The second-order valence-electron chi connectivity index (χ2n) is 8.31. The third-order valence-electron chi connectivity index (χ3n) is 5.61. The quantitative estimate of drug-likeness (QED) is 0.407. The number of carbonyl (C=O) groups excluding carboxylic acids is 1. The maximum atomic E-state index is 15.5. The van der Waals surface area contributed by atoms with E-state index in [9.17, 15) is 4.79 Å². The number of rotatable bonds is 6. The molecule has 5 rings (SSSR count). The van der Waals surface area contributed by atoms with Crippen molar-refractivity contribution in [2.75, 3.05) is 17.7 Å². The molecule has 1 aliphatic rings. The summed E-state index contributed by atoms with van der Waals surface area (Å²) in [6.07, 6.45) is 3.61. The second-order valence-corrected chi connectivity index (χ2v) is 8.31. The van der Waals surface area contributed by atoms with Gasteiger partial charge in [-0.25, -0.2) is 14.4 Å². The minimum Gasteiger partial charge on any atom is -0.492 e. The minimum absolute atomic E-state index is 0.0409. The number of aryl methyl sites for hydroxylation is 3. The number of hydrogen-bond acceptors (Lipinski definition) is 6. The zero-order chi connectivity index (χ0) is 23.3. The van der Waals surface area contributed by atoms with Crippen molar-refractivity contribution in [2.24, 2.45) is 13.0 Å². The van der Waals surface area contributed by atoms with Gasteiger partial charge in [-0.15, -0.1) is 0 Å². The van der Waals surface area contributed by atoms with Gasteiger partial charge in [0, 0.05) is 30.8 Å². The monoisotopic (exact) mass is 449 g/mol. The Morgan fingerprint density at radius 2 is 2.03 bits per heavy atom. The molecular weight excluding hydrogens is 425 g/mol. The van der Waals surface area contributed by atoms with Gasteiger partial charge in [0.1, 0.15) is 17.2 Å². The molecule has 33 heavy (non-hydrogen) atoms. The number of methoxy groups -OCH3 is 1. The number of aromatic amines is 1. The largest absolute Gasteiger partial charge is 0.492 e. The average molecular weight is 449 g/mol. The van der Waals surface area contributed by atoms with Crippen molar-refractivity contribution in [3.8, 4) is 17.0 Å². The van der Waals surface area contributed by atoms with E-state index < -0.39 is 5.82 Å². The lowest BCUT2D eigenvalue weighted by molar-refractivity contribution is -0.117. The van der Waals surface area contributed by atoms with Crippen molar-refractivity contribution in [1.29, 1.82) is 0 Å². The molecule has 170 valence electrons. The number of halogens is 1. The molecule has 0 spiro atoms. The van der Waals surface area contributed by atoms with E-state index in [1.807, 2.05) is 20.0 Å². The summed E-state index contributed by atoms with van der Waals surface area (Å²) >= 11 is 0. The predicted molar refractivity (Wildman–Crippen MR) is 123 cm³/mol. The van der Waals surface area contributed by atoms with Crippen molar-refractivity contribution >= 4 is 34.3 Å². The third-order valence-corrected chi connectivity index (χ3v) is 5.61. The van der Waals surface area contributed by atoms with Gasteiger partial charge in [0.15, 0.2) is 17.2 Å². The second kappa shape index (κ2) is 7.88. The summed E-state index contributed by atoms with van der Waals surface area (Å²) in [5, 5.41) is 10.4. The van der Waals surface area contributed by atoms with E-state index in [0.29, 0.717) is 45.4 Å². The van der Waals surface area contributed by atoms with Crippen molar-refractivity contribution in [3.63, 3.8) is 0 Å². The molecule has 1 saturated carbocycles. The molecule has 3 heterocycles. The molecule has 1 aliphatic carbocycles. The molecule has 9 nitrogen and oxygen atoms in total. The number of fused-ring (bicyclic) bond motifs is 1. The molecule has 0 saturated heterocycles. The summed E-state index contributed by atoms with van der Waals surface area (Å²) in [5.41, 5.74) is 3.84. The fraction of sp³-hybridized carbons (Fsp3) is 0.304. The maximum absolute atomic E-state index is 15.5. The summed E-state index contributed by atoms with van der Waals surface area (Å²) in [7, 11) is 3.21. The Hall–Kier alpha value is -3.95. The third kappa shape index (κ3) is 3.88. The lowest BCUT2D eigenvalue weighted by Crippen LogP contribution is -2.14. The summed E-state index contributed by atoms with van der Waals surface area (Å²) in [6, 6.07) is 5.09. The van der Waals surface area contributed by atoms with Crippen LogP contribution in [0.1, 0.15) is 24.2 Å². The Kier molecular flexibility index (Phi) is 4.99. The Morgan fingerprint density at radius 1 is 1.24 bits per heavy atom. The van der Waals surface area contributed by atoms with Crippen LogP contribution in [-0.4, -0.2) is 37.7 Å². The highest BCUT2D eigenvalue weighted by Gasteiger charge is 2.30. The first-order valence-corrected chi connectivity index (χ1v) is 10.7. The van der Waals surface area contributed by atoms with Crippen molar-refractivity contribution in [1.82, 2.24) is 24.7 Å². The summed E-state index contributed by atoms with van der Waals surface area (Å²) in [6.45, 7) is 3.70. The molecule has 3 N–H and O–H groups in total. The number of pyridine rings is 1. The lowest BCUT2D eigenvalue weighted by Gasteiger charge is -2.15. The molecule has 0 atom stereocenters. The van der Waals surface area contributed by atoms with Crippen LogP contribution in [-0.2, 0) is 11.8 Å². The minimum atomic E-state index is -0.518. The fourth-order valence-electron chi connectivity index (χ4n) is 3.89. The zero-order valence-corrected chi connectivity index (χ0v) is 18.8. The topological polar surface area (TPSA) is 110 Å². The first-order valence-electron chi connectivity index (χ1n) is 10.7. The van der Waals surface area contributed by atoms with Gasteiger partial charge < -0.3 is 20.4 Å². The number of nitrogens with one attached hydrogen (secondary N) is 3. The number of carbonyl (C=O) groups is 1. The van der Waals surface area contributed by atoms with Crippen LogP contribution < -0.4 is 15.4 Å². The van der Waals surface area contributed by atoms with Crippen LogP contribution in [0.4, 0.5) is 21.6 Å². The van der Waals surface area contributed by atoms with E-state index >= 15 is 4.39 Å². The molecular formula is C23H24FN7O2. The normalized spacial score (nSPS) is 13.4. The zero-order valence-electron chi connectivity index (χ0n) is 18.8. The smallest absolute Gasteiger partial charge is 0.228 e. The molecule has 10 heteroatoms. The highest BCUT2D eigenvalue weighted by atomic mass is 19.1. The van der Waals surface area contributed by atoms with Crippen molar-refractivity contribution in [2.45, 2.75) is 26.7 Å². The summed E-state index contributed by atoms with van der Waals surface area (Å²) in [4.78, 5) is 24.3. The van der Waals surface area contributed by atoms with Crippen molar-refractivity contribution in [3.05, 3.63) is 41.6 Å².